The maximum absolute atomic E-state index is 6.39. The van der Waals surface area contributed by atoms with Crippen LogP contribution in [0.1, 0.15) is 38.6 Å². The van der Waals surface area contributed by atoms with E-state index in [1.54, 1.807) is 0 Å². The first-order valence-corrected chi connectivity index (χ1v) is 7.53. The molecule has 4 nitrogen and oxygen atoms in total. The van der Waals surface area contributed by atoms with Crippen LogP contribution in [0.25, 0.3) is 0 Å². The van der Waals surface area contributed by atoms with E-state index in [0.29, 0.717) is 6.04 Å². The minimum atomic E-state index is 0.383. The van der Waals surface area contributed by atoms with Gasteiger partial charge in [0, 0.05) is 32.7 Å². The number of hydrogen-bond acceptors (Lipinski definition) is 3. The maximum Gasteiger partial charge on any atom is 0.0850 e. The molecule has 0 aliphatic rings. The van der Waals surface area contributed by atoms with Crippen LogP contribution < -0.4 is 5.32 Å². The lowest BCUT2D eigenvalue weighted by Gasteiger charge is -2.18. The standard InChI is InChI=1S/C14H26ClN3O/c1-5-12-14(15)13(18(4)17-12)10-11(16-6-2)8-9-19-7-3/h11,16H,5-10H2,1-4H3. The van der Waals surface area contributed by atoms with E-state index in [-0.39, 0.29) is 0 Å². The van der Waals surface area contributed by atoms with Crippen LogP contribution in [-0.2, 0) is 24.6 Å². The smallest absolute Gasteiger partial charge is 0.0850 e. The number of aromatic nitrogens is 2. The molecule has 0 saturated carbocycles. The van der Waals surface area contributed by atoms with Crippen LogP contribution >= 0.6 is 11.6 Å². The van der Waals surface area contributed by atoms with Crippen LogP contribution in [0.2, 0.25) is 5.02 Å². The quantitative estimate of drug-likeness (QED) is 0.710. The zero-order valence-corrected chi connectivity index (χ0v) is 13.3. The average molecular weight is 288 g/mol. The number of likely N-dealkylation sites (N-methyl/N-ethyl adjacent to an activating group) is 1. The zero-order valence-electron chi connectivity index (χ0n) is 12.5. The van der Waals surface area contributed by atoms with Crippen LogP contribution in [0.15, 0.2) is 0 Å². The third-order valence-corrected chi connectivity index (χ3v) is 3.69. The Hall–Kier alpha value is -0.580. The summed E-state index contributed by atoms with van der Waals surface area (Å²) in [7, 11) is 1.96. The van der Waals surface area contributed by atoms with E-state index in [9.17, 15) is 0 Å². The molecule has 0 radical (unpaired) electrons. The first-order chi connectivity index (χ1) is 9.13. The maximum atomic E-state index is 6.39. The van der Waals surface area contributed by atoms with Gasteiger partial charge >= 0.3 is 0 Å². The summed E-state index contributed by atoms with van der Waals surface area (Å²) < 4.78 is 7.35. The van der Waals surface area contributed by atoms with Crippen molar-refractivity contribution in [3.63, 3.8) is 0 Å². The summed E-state index contributed by atoms with van der Waals surface area (Å²) in [6.45, 7) is 8.72. The zero-order chi connectivity index (χ0) is 14.3. The highest BCUT2D eigenvalue weighted by Crippen LogP contribution is 2.22. The van der Waals surface area contributed by atoms with E-state index < -0.39 is 0 Å². The van der Waals surface area contributed by atoms with E-state index in [0.717, 1.165) is 55.4 Å². The van der Waals surface area contributed by atoms with E-state index in [1.165, 1.54) is 0 Å². The van der Waals surface area contributed by atoms with Crippen LogP contribution in [0.3, 0.4) is 0 Å². The SMILES string of the molecule is CCNC(CCOCC)Cc1c(Cl)c(CC)nn1C. The Morgan fingerprint density at radius 3 is 2.63 bits per heavy atom. The molecule has 0 aromatic carbocycles. The molecule has 1 aromatic rings. The molecule has 0 aliphatic heterocycles. The second-order valence-corrected chi connectivity index (χ2v) is 5.01. The van der Waals surface area contributed by atoms with E-state index in [2.05, 4.69) is 24.3 Å². The summed E-state index contributed by atoms with van der Waals surface area (Å²) in [6.07, 6.45) is 2.76. The van der Waals surface area contributed by atoms with Gasteiger partial charge in [0.15, 0.2) is 0 Å². The molecule has 5 heteroatoms. The van der Waals surface area contributed by atoms with Gasteiger partial charge in [-0.2, -0.15) is 5.10 Å². The second-order valence-electron chi connectivity index (χ2n) is 4.63. The molecule has 1 unspecified atom stereocenters. The van der Waals surface area contributed by atoms with Gasteiger partial charge in [-0.05, 0) is 26.3 Å². The topological polar surface area (TPSA) is 39.1 Å². The molecule has 1 atom stereocenters. The number of nitrogens with zero attached hydrogens (tertiary/aromatic N) is 2. The molecule has 0 aliphatic carbocycles. The van der Waals surface area contributed by atoms with Crippen molar-refractivity contribution in [1.29, 1.82) is 0 Å². The highest BCUT2D eigenvalue weighted by atomic mass is 35.5. The van der Waals surface area contributed by atoms with Gasteiger partial charge in [0.25, 0.3) is 0 Å². The lowest BCUT2D eigenvalue weighted by atomic mass is 10.1. The summed E-state index contributed by atoms with van der Waals surface area (Å²) in [4.78, 5) is 0. The fourth-order valence-electron chi connectivity index (χ4n) is 2.21. The molecule has 1 aromatic heterocycles. The Labute approximate surface area is 121 Å². The number of halogens is 1. The normalized spacial score (nSPS) is 12.9. The van der Waals surface area contributed by atoms with Gasteiger partial charge in [-0.3, -0.25) is 4.68 Å². The summed E-state index contributed by atoms with van der Waals surface area (Å²) >= 11 is 6.39. The molecule has 1 N–H and O–H groups in total. The fraction of sp³-hybridized carbons (Fsp3) is 0.786. The Morgan fingerprint density at radius 2 is 2.11 bits per heavy atom. The van der Waals surface area contributed by atoms with Crippen LogP contribution in [-0.4, -0.2) is 35.6 Å². The molecule has 1 heterocycles. The van der Waals surface area contributed by atoms with Gasteiger partial charge in [-0.25, -0.2) is 0 Å². The number of hydrogen-bond donors (Lipinski definition) is 1. The van der Waals surface area contributed by atoms with E-state index >= 15 is 0 Å². The lowest BCUT2D eigenvalue weighted by molar-refractivity contribution is 0.136. The van der Waals surface area contributed by atoms with Gasteiger partial charge in [0.1, 0.15) is 0 Å². The van der Waals surface area contributed by atoms with Crippen LogP contribution in [0.4, 0.5) is 0 Å². The molecule has 19 heavy (non-hydrogen) atoms. The summed E-state index contributed by atoms with van der Waals surface area (Å²) in [6, 6.07) is 0.383. The fourth-order valence-corrected chi connectivity index (χ4v) is 2.58. The second kappa shape index (κ2) is 8.56. The predicted molar refractivity (Wildman–Crippen MR) is 79.9 cm³/mol. The average Bonchev–Trinajstić information content (AvgIpc) is 2.66. The number of nitrogens with one attached hydrogen (secondary N) is 1. The van der Waals surface area contributed by atoms with Crippen LogP contribution in [0.5, 0.6) is 0 Å². The Bertz CT molecular complexity index is 379. The Kier molecular flexibility index (Phi) is 7.42. The van der Waals surface area contributed by atoms with Crippen molar-refractivity contribution >= 4 is 11.6 Å². The molecule has 1 rings (SSSR count). The molecule has 0 fully saturated rings. The molecule has 0 saturated heterocycles. The van der Waals surface area contributed by atoms with E-state index in [1.807, 2.05) is 18.7 Å². The van der Waals surface area contributed by atoms with Gasteiger partial charge in [0.2, 0.25) is 0 Å². The minimum absolute atomic E-state index is 0.383. The summed E-state index contributed by atoms with van der Waals surface area (Å²) in [5.74, 6) is 0. The van der Waals surface area contributed by atoms with Crippen molar-refractivity contribution in [1.82, 2.24) is 15.1 Å². The van der Waals surface area contributed by atoms with Crippen molar-refractivity contribution in [3.05, 3.63) is 16.4 Å². The van der Waals surface area contributed by atoms with Crippen molar-refractivity contribution in [3.8, 4) is 0 Å². The first kappa shape index (κ1) is 16.5. The van der Waals surface area contributed by atoms with Crippen molar-refractivity contribution in [2.24, 2.45) is 7.05 Å². The highest BCUT2D eigenvalue weighted by Gasteiger charge is 2.17. The number of aryl methyl sites for hydroxylation is 2. The highest BCUT2D eigenvalue weighted by molar-refractivity contribution is 6.31. The van der Waals surface area contributed by atoms with Crippen molar-refractivity contribution in [2.45, 2.75) is 46.1 Å². The van der Waals surface area contributed by atoms with E-state index in [4.69, 9.17) is 16.3 Å². The van der Waals surface area contributed by atoms with Gasteiger partial charge in [-0.15, -0.1) is 0 Å². The predicted octanol–water partition coefficient (Wildman–Crippen LogP) is 2.58. The molecular weight excluding hydrogens is 262 g/mol. The third kappa shape index (κ3) is 4.79. The third-order valence-electron chi connectivity index (χ3n) is 3.25. The molecular formula is C14H26ClN3O. The number of ether oxygens (including phenoxy) is 1. The lowest BCUT2D eigenvalue weighted by Crippen LogP contribution is -2.33. The minimum Gasteiger partial charge on any atom is -0.382 e. The van der Waals surface area contributed by atoms with Crippen LogP contribution in [0, 0.1) is 0 Å². The van der Waals surface area contributed by atoms with Crippen molar-refractivity contribution in [2.75, 3.05) is 19.8 Å². The first-order valence-electron chi connectivity index (χ1n) is 7.15. The monoisotopic (exact) mass is 287 g/mol. The molecule has 0 amide bonds. The number of rotatable bonds is 9. The van der Waals surface area contributed by atoms with Gasteiger partial charge in [-0.1, -0.05) is 25.4 Å². The van der Waals surface area contributed by atoms with Gasteiger partial charge in [0.05, 0.1) is 16.4 Å². The molecule has 110 valence electrons. The molecule has 0 bridgehead atoms. The summed E-state index contributed by atoms with van der Waals surface area (Å²) in [5.41, 5.74) is 2.10. The largest absolute Gasteiger partial charge is 0.382 e. The Morgan fingerprint density at radius 1 is 1.37 bits per heavy atom. The molecule has 0 spiro atoms. The Balaban J connectivity index is 2.69. The van der Waals surface area contributed by atoms with Gasteiger partial charge < -0.3 is 10.1 Å². The van der Waals surface area contributed by atoms with Crippen molar-refractivity contribution < 1.29 is 4.74 Å². The summed E-state index contributed by atoms with van der Waals surface area (Å²) in [5, 5.41) is 8.78.